The molecule has 1 saturated carbocycles. The molecule has 5 nitrogen and oxygen atoms in total. The van der Waals surface area contributed by atoms with Gasteiger partial charge in [0.05, 0.1) is 33.5 Å². The van der Waals surface area contributed by atoms with Gasteiger partial charge in [0.2, 0.25) is 0 Å². The maximum absolute atomic E-state index is 12.6. The minimum absolute atomic E-state index is 0.142. The van der Waals surface area contributed by atoms with Crippen LogP contribution in [-0.4, -0.2) is 21.9 Å². The van der Waals surface area contributed by atoms with E-state index in [4.69, 9.17) is 28.3 Å². The van der Waals surface area contributed by atoms with E-state index < -0.39 is 0 Å². The van der Waals surface area contributed by atoms with Crippen molar-refractivity contribution in [2.75, 3.05) is 0 Å². The third-order valence-electron chi connectivity index (χ3n) is 6.38. The first-order chi connectivity index (χ1) is 17.0. The minimum atomic E-state index is -0.142. The zero-order valence-electron chi connectivity index (χ0n) is 20.2. The summed E-state index contributed by atoms with van der Waals surface area (Å²) in [5, 5.41) is 14.2. The second kappa shape index (κ2) is 12.1. The largest absolute Gasteiger partial charge is 0.335 e. The monoisotopic (exact) mass is 530 g/mol. The SMILES string of the molecule is CCC/C=C/c1ccsc1-c1c(C)c(CNC(=O)NC2CCCCC2)nn1-c1ccc(Cl)cc1Cl. The van der Waals surface area contributed by atoms with Gasteiger partial charge in [0.1, 0.15) is 0 Å². The third-order valence-corrected chi connectivity index (χ3v) is 7.85. The molecule has 2 N–H and O–H groups in total. The van der Waals surface area contributed by atoms with Gasteiger partial charge < -0.3 is 10.6 Å². The summed E-state index contributed by atoms with van der Waals surface area (Å²) in [4.78, 5) is 13.7. The average Bonchev–Trinajstić information content (AvgIpc) is 3.42. The van der Waals surface area contributed by atoms with E-state index in [0.717, 1.165) is 58.8 Å². The highest BCUT2D eigenvalue weighted by atomic mass is 35.5. The van der Waals surface area contributed by atoms with Gasteiger partial charge in [-0.3, -0.25) is 0 Å². The van der Waals surface area contributed by atoms with Gasteiger partial charge >= 0.3 is 6.03 Å². The van der Waals surface area contributed by atoms with Crippen LogP contribution in [0, 0.1) is 6.92 Å². The molecular formula is C27H32Cl2N4OS. The number of amides is 2. The molecule has 2 heterocycles. The van der Waals surface area contributed by atoms with E-state index in [9.17, 15) is 4.79 Å². The Bertz CT molecular complexity index is 1190. The van der Waals surface area contributed by atoms with E-state index in [-0.39, 0.29) is 12.1 Å². The van der Waals surface area contributed by atoms with Crippen LogP contribution in [0.3, 0.4) is 0 Å². The predicted molar refractivity (Wildman–Crippen MR) is 148 cm³/mol. The molecule has 0 bridgehead atoms. The zero-order valence-corrected chi connectivity index (χ0v) is 22.6. The van der Waals surface area contributed by atoms with Gasteiger partial charge in [-0.05, 0) is 61.4 Å². The molecular weight excluding hydrogens is 499 g/mol. The van der Waals surface area contributed by atoms with Crippen molar-refractivity contribution in [2.24, 2.45) is 0 Å². The zero-order chi connectivity index (χ0) is 24.8. The second-order valence-electron chi connectivity index (χ2n) is 8.99. The number of nitrogens with zero attached hydrogens (tertiary/aromatic N) is 2. The van der Waals surface area contributed by atoms with Crippen LogP contribution < -0.4 is 10.6 Å². The molecule has 2 aromatic heterocycles. The fourth-order valence-corrected chi connectivity index (χ4v) is 5.93. The lowest BCUT2D eigenvalue weighted by atomic mass is 9.96. The number of thiophene rings is 1. The fourth-order valence-electron chi connectivity index (χ4n) is 4.47. The summed E-state index contributed by atoms with van der Waals surface area (Å²) in [5.74, 6) is 0. The van der Waals surface area contributed by atoms with E-state index in [1.54, 1.807) is 17.4 Å². The van der Waals surface area contributed by atoms with Crippen LogP contribution in [0.4, 0.5) is 4.79 Å². The molecule has 1 aliphatic carbocycles. The number of urea groups is 1. The van der Waals surface area contributed by atoms with E-state index in [2.05, 4.69) is 48.1 Å². The van der Waals surface area contributed by atoms with Crippen LogP contribution in [0.5, 0.6) is 0 Å². The van der Waals surface area contributed by atoms with Gasteiger partial charge in [-0.25, -0.2) is 9.48 Å². The molecule has 1 aromatic carbocycles. The van der Waals surface area contributed by atoms with Gasteiger partial charge in [-0.1, -0.05) is 68.0 Å². The summed E-state index contributed by atoms with van der Waals surface area (Å²) >= 11 is 14.4. The Morgan fingerprint density at radius 3 is 2.77 bits per heavy atom. The molecule has 1 aliphatic rings. The van der Waals surface area contributed by atoms with Crippen molar-refractivity contribution in [3.63, 3.8) is 0 Å². The Morgan fingerprint density at radius 1 is 1.23 bits per heavy atom. The summed E-state index contributed by atoms with van der Waals surface area (Å²) in [7, 11) is 0. The molecule has 0 radical (unpaired) electrons. The van der Waals surface area contributed by atoms with E-state index >= 15 is 0 Å². The van der Waals surface area contributed by atoms with Crippen LogP contribution in [-0.2, 0) is 6.54 Å². The maximum Gasteiger partial charge on any atom is 0.315 e. The van der Waals surface area contributed by atoms with Crippen molar-refractivity contribution in [3.05, 3.63) is 62.6 Å². The smallest absolute Gasteiger partial charge is 0.315 e. The summed E-state index contributed by atoms with van der Waals surface area (Å²) < 4.78 is 1.88. The van der Waals surface area contributed by atoms with Crippen molar-refractivity contribution in [1.29, 1.82) is 0 Å². The predicted octanol–water partition coefficient (Wildman–Crippen LogP) is 8.16. The van der Waals surface area contributed by atoms with Crippen molar-refractivity contribution in [3.8, 4) is 16.3 Å². The number of benzene rings is 1. The lowest BCUT2D eigenvalue weighted by Gasteiger charge is -2.22. The quantitative estimate of drug-likeness (QED) is 0.308. The van der Waals surface area contributed by atoms with Gasteiger partial charge in [-0.2, -0.15) is 5.10 Å². The van der Waals surface area contributed by atoms with Crippen molar-refractivity contribution in [1.82, 2.24) is 20.4 Å². The number of carbonyl (C=O) groups is 1. The molecule has 8 heteroatoms. The minimum Gasteiger partial charge on any atom is -0.335 e. The number of aromatic nitrogens is 2. The molecule has 0 spiro atoms. The molecule has 0 atom stereocenters. The standard InChI is InChI=1S/C27H32Cl2N4OS/c1-3-4-6-9-19-14-15-35-26(19)25-18(2)23(17-30-27(34)31-21-10-7-5-8-11-21)32-33(25)24-13-12-20(28)16-22(24)29/h6,9,12-16,21H,3-5,7-8,10-11,17H2,1-2H3,(H2,30,31,34)/b9-6+. The summed E-state index contributed by atoms with van der Waals surface area (Å²) in [6.45, 7) is 4.56. The molecule has 4 rings (SSSR count). The second-order valence-corrected chi connectivity index (χ2v) is 10.7. The molecule has 35 heavy (non-hydrogen) atoms. The lowest BCUT2D eigenvalue weighted by Crippen LogP contribution is -2.42. The Labute approximate surface area is 221 Å². The van der Waals surface area contributed by atoms with Crippen molar-refractivity contribution >= 4 is 46.6 Å². The van der Waals surface area contributed by atoms with E-state index in [0.29, 0.717) is 16.6 Å². The first kappa shape index (κ1) is 25.8. The summed E-state index contributed by atoms with van der Waals surface area (Å²) in [6, 6.07) is 7.67. The van der Waals surface area contributed by atoms with Crippen LogP contribution >= 0.6 is 34.5 Å². The normalized spacial score (nSPS) is 14.5. The first-order valence-corrected chi connectivity index (χ1v) is 13.9. The first-order valence-electron chi connectivity index (χ1n) is 12.3. The molecule has 1 fully saturated rings. The summed E-state index contributed by atoms with van der Waals surface area (Å²) in [6.07, 6.45) is 12.2. The Kier molecular flexibility index (Phi) is 8.93. The lowest BCUT2D eigenvalue weighted by molar-refractivity contribution is 0.232. The number of nitrogens with one attached hydrogen (secondary N) is 2. The molecule has 0 aliphatic heterocycles. The Hall–Kier alpha value is -2.28. The average molecular weight is 532 g/mol. The third kappa shape index (κ3) is 6.29. The summed E-state index contributed by atoms with van der Waals surface area (Å²) in [5.41, 5.74) is 4.70. The highest BCUT2D eigenvalue weighted by Gasteiger charge is 2.22. The van der Waals surface area contributed by atoms with E-state index in [1.807, 2.05) is 16.8 Å². The van der Waals surface area contributed by atoms with Crippen LogP contribution in [0.1, 0.15) is 68.7 Å². The topological polar surface area (TPSA) is 59.0 Å². The fraction of sp³-hybridized carbons (Fsp3) is 0.407. The van der Waals surface area contributed by atoms with Crippen LogP contribution in [0.25, 0.3) is 22.3 Å². The highest BCUT2D eigenvalue weighted by Crippen LogP contribution is 2.37. The van der Waals surface area contributed by atoms with Gasteiger partial charge in [-0.15, -0.1) is 11.3 Å². The van der Waals surface area contributed by atoms with Crippen LogP contribution in [0.15, 0.2) is 35.7 Å². The highest BCUT2D eigenvalue weighted by molar-refractivity contribution is 7.13. The maximum atomic E-state index is 12.6. The number of hydrogen-bond donors (Lipinski definition) is 2. The molecule has 3 aromatic rings. The number of carbonyl (C=O) groups excluding carboxylic acids is 1. The van der Waals surface area contributed by atoms with Gasteiger partial charge in [0.25, 0.3) is 0 Å². The van der Waals surface area contributed by atoms with Crippen molar-refractivity contribution in [2.45, 2.75) is 71.4 Å². The van der Waals surface area contributed by atoms with E-state index in [1.165, 1.54) is 19.3 Å². The molecule has 2 amide bonds. The molecule has 0 saturated heterocycles. The van der Waals surface area contributed by atoms with Crippen molar-refractivity contribution < 1.29 is 4.79 Å². The number of hydrogen-bond acceptors (Lipinski definition) is 3. The number of allylic oxidation sites excluding steroid dienone is 1. The number of halogens is 2. The van der Waals surface area contributed by atoms with Gasteiger partial charge in [0.15, 0.2) is 0 Å². The van der Waals surface area contributed by atoms with Gasteiger partial charge in [0, 0.05) is 16.6 Å². The number of unbranched alkanes of at least 4 members (excludes halogenated alkanes) is 1. The number of rotatable bonds is 8. The Balaban J connectivity index is 1.66. The Morgan fingerprint density at radius 2 is 2.03 bits per heavy atom. The van der Waals surface area contributed by atoms with Crippen LogP contribution in [0.2, 0.25) is 10.0 Å². The molecule has 186 valence electrons. The molecule has 0 unspecified atom stereocenters.